The van der Waals surface area contributed by atoms with Gasteiger partial charge in [-0.15, -0.1) is 0 Å². The number of anilines is 1. The molecule has 2 heterocycles. The Kier molecular flexibility index (Phi) is 3.34. The highest BCUT2D eigenvalue weighted by molar-refractivity contribution is 6.29. The second-order valence-electron chi connectivity index (χ2n) is 5.77. The first-order chi connectivity index (χ1) is 11.6. The molecule has 2 aromatic carbocycles. The predicted octanol–water partition coefficient (Wildman–Crippen LogP) is 3.07. The number of hydrogen-bond acceptors (Lipinski definition) is 4. The number of amides is 2. The van der Waals surface area contributed by atoms with Crippen LogP contribution in [0.15, 0.2) is 48.0 Å². The van der Waals surface area contributed by atoms with Gasteiger partial charge in [0.2, 0.25) is 12.7 Å². The molecule has 2 amide bonds. The molecule has 2 aromatic rings. The summed E-state index contributed by atoms with van der Waals surface area (Å²) in [6.45, 7) is 2.13. The lowest BCUT2D eigenvalue weighted by Crippen LogP contribution is -2.28. The zero-order valence-corrected chi connectivity index (χ0v) is 13.1. The van der Waals surface area contributed by atoms with Crippen molar-refractivity contribution in [3.05, 3.63) is 59.2 Å². The molecule has 5 nitrogen and oxygen atoms in total. The summed E-state index contributed by atoms with van der Waals surface area (Å²) in [5.41, 5.74) is 3.00. The SMILES string of the molecule is Cc1ccccc1/C=C1\CC(=O)N(c2ccc3c(c2)OCO3)C1=O. The van der Waals surface area contributed by atoms with Crippen molar-refractivity contribution < 1.29 is 19.1 Å². The Hall–Kier alpha value is -3.08. The van der Waals surface area contributed by atoms with Gasteiger partial charge in [0.1, 0.15) is 0 Å². The van der Waals surface area contributed by atoms with Gasteiger partial charge >= 0.3 is 0 Å². The van der Waals surface area contributed by atoms with E-state index in [-0.39, 0.29) is 25.0 Å². The van der Waals surface area contributed by atoms with Gasteiger partial charge in [-0.2, -0.15) is 0 Å². The van der Waals surface area contributed by atoms with E-state index in [9.17, 15) is 9.59 Å². The van der Waals surface area contributed by atoms with Crippen molar-refractivity contribution in [2.45, 2.75) is 13.3 Å². The van der Waals surface area contributed by atoms with Crippen LogP contribution in [0.4, 0.5) is 5.69 Å². The van der Waals surface area contributed by atoms with Crippen LogP contribution in [0.3, 0.4) is 0 Å². The number of fused-ring (bicyclic) bond motifs is 1. The number of rotatable bonds is 2. The molecule has 2 aliphatic rings. The fourth-order valence-corrected chi connectivity index (χ4v) is 2.91. The van der Waals surface area contributed by atoms with Gasteiger partial charge in [-0.3, -0.25) is 9.59 Å². The van der Waals surface area contributed by atoms with Crippen molar-refractivity contribution >= 4 is 23.6 Å². The number of carbonyl (C=O) groups is 2. The highest BCUT2D eigenvalue weighted by Crippen LogP contribution is 2.37. The molecule has 0 atom stereocenters. The van der Waals surface area contributed by atoms with Gasteiger partial charge in [-0.25, -0.2) is 4.90 Å². The van der Waals surface area contributed by atoms with Gasteiger partial charge in [0, 0.05) is 11.6 Å². The molecule has 0 aromatic heterocycles. The van der Waals surface area contributed by atoms with Crippen LogP contribution >= 0.6 is 0 Å². The normalized spacial score (nSPS) is 17.9. The summed E-state index contributed by atoms with van der Waals surface area (Å²) in [7, 11) is 0. The number of hydrogen-bond donors (Lipinski definition) is 0. The van der Waals surface area contributed by atoms with Gasteiger partial charge < -0.3 is 9.47 Å². The van der Waals surface area contributed by atoms with E-state index in [1.807, 2.05) is 31.2 Å². The van der Waals surface area contributed by atoms with E-state index < -0.39 is 0 Å². The Morgan fingerprint density at radius 1 is 1.04 bits per heavy atom. The molecule has 120 valence electrons. The number of carbonyl (C=O) groups excluding carboxylic acids is 2. The topological polar surface area (TPSA) is 55.8 Å². The molecule has 0 spiro atoms. The van der Waals surface area contributed by atoms with Crippen LogP contribution in [-0.4, -0.2) is 18.6 Å². The molecular formula is C19H15NO4. The molecule has 1 fully saturated rings. The highest BCUT2D eigenvalue weighted by Gasteiger charge is 2.35. The average molecular weight is 321 g/mol. The average Bonchev–Trinajstić information content (AvgIpc) is 3.14. The molecule has 0 N–H and O–H groups in total. The largest absolute Gasteiger partial charge is 0.454 e. The summed E-state index contributed by atoms with van der Waals surface area (Å²) in [4.78, 5) is 26.3. The van der Waals surface area contributed by atoms with Crippen LogP contribution in [-0.2, 0) is 9.59 Å². The molecule has 5 heteroatoms. The summed E-state index contributed by atoms with van der Waals surface area (Å²) < 4.78 is 10.6. The number of benzene rings is 2. The van der Waals surface area contributed by atoms with Gasteiger partial charge in [-0.1, -0.05) is 24.3 Å². The first-order valence-corrected chi connectivity index (χ1v) is 7.66. The second-order valence-corrected chi connectivity index (χ2v) is 5.77. The fraction of sp³-hybridized carbons (Fsp3) is 0.158. The summed E-state index contributed by atoms with van der Waals surface area (Å²) in [6.07, 6.45) is 1.89. The molecule has 0 bridgehead atoms. The maximum Gasteiger partial charge on any atom is 0.261 e. The summed E-state index contributed by atoms with van der Waals surface area (Å²) in [5, 5.41) is 0. The molecule has 4 rings (SSSR count). The van der Waals surface area contributed by atoms with Crippen molar-refractivity contribution in [2.24, 2.45) is 0 Å². The van der Waals surface area contributed by atoms with Crippen LogP contribution in [0, 0.1) is 6.92 Å². The van der Waals surface area contributed by atoms with Crippen molar-refractivity contribution in [1.82, 2.24) is 0 Å². The Balaban J connectivity index is 1.68. The first kappa shape index (κ1) is 14.5. The van der Waals surface area contributed by atoms with E-state index >= 15 is 0 Å². The zero-order valence-electron chi connectivity index (χ0n) is 13.1. The van der Waals surface area contributed by atoms with Crippen molar-refractivity contribution in [3.63, 3.8) is 0 Å². The lowest BCUT2D eigenvalue weighted by molar-refractivity contribution is -0.120. The second kappa shape index (κ2) is 5.53. The minimum Gasteiger partial charge on any atom is -0.454 e. The van der Waals surface area contributed by atoms with Crippen molar-refractivity contribution in [2.75, 3.05) is 11.7 Å². The Labute approximate surface area is 139 Å². The fourth-order valence-electron chi connectivity index (χ4n) is 2.91. The molecule has 1 saturated heterocycles. The minimum atomic E-state index is -0.290. The highest BCUT2D eigenvalue weighted by atomic mass is 16.7. The molecule has 0 radical (unpaired) electrons. The quantitative estimate of drug-likeness (QED) is 0.630. The maximum absolute atomic E-state index is 12.7. The van der Waals surface area contributed by atoms with Gasteiger partial charge in [0.05, 0.1) is 12.1 Å². The first-order valence-electron chi connectivity index (χ1n) is 7.66. The standard InChI is InChI=1S/C19H15NO4/c1-12-4-2-3-5-13(12)8-14-9-18(21)20(19(14)22)15-6-7-16-17(10-15)24-11-23-16/h2-8,10H,9,11H2,1H3/b14-8+. The van der Waals surface area contributed by atoms with Crippen LogP contribution in [0.1, 0.15) is 17.5 Å². The van der Waals surface area contributed by atoms with Crippen LogP contribution in [0.25, 0.3) is 6.08 Å². The van der Waals surface area contributed by atoms with E-state index in [4.69, 9.17) is 9.47 Å². The Morgan fingerprint density at radius 2 is 1.83 bits per heavy atom. The van der Waals surface area contributed by atoms with Crippen molar-refractivity contribution in [3.8, 4) is 11.5 Å². The van der Waals surface area contributed by atoms with Crippen LogP contribution < -0.4 is 14.4 Å². The van der Waals surface area contributed by atoms with Gasteiger partial charge in [0.25, 0.3) is 5.91 Å². The number of ether oxygens (including phenoxy) is 2. The third kappa shape index (κ3) is 2.34. The molecule has 24 heavy (non-hydrogen) atoms. The van der Waals surface area contributed by atoms with E-state index in [0.717, 1.165) is 11.1 Å². The van der Waals surface area contributed by atoms with E-state index in [1.54, 1.807) is 24.3 Å². The third-order valence-electron chi connectivity index (χ3n) is 4.20. The third-order valence-corrected chi connectivity index (χ3v) is 4.20. The van der Waals surface area contributed by atoms with E-state index in [1.165, 1.54) is 4.90 Å². The maximum atomic E-state index is 12.7. The zero-order chi connectivity index (χ0) is 16.7. The Morgan fingerprint density at radius 3 is 2.67 bits per heavy atom. The summed E-state index contributed by atoms with van der Waals surface area (Å²) in [6, 6.07) is 12.8. The summed E-state index contributed by atoms with van der Waals surface area (Å²) >= 11 is 0. The number of nitrogens with zero attached hydrogens (tertiary/aromatic N) is 1. The molecule has 2 aliphatic heterocycles. The number of aryl methyl sites for hydroxylation is 1. The number of imide groups is 1. The van der Waals surface area contributed by atoms with Crippen LogP contribution in [0.2, 0.25) is 0 Å². The van der Waals surface area contributed by atoms with E-state index in [2.05, 4.69) is 0 Å². The minimum absolute atomic E-state index is 0.0988. The van der Waals surface area contributed by atoms with Crippen LogP contribution in [0.5, 0.6) is 11.5 Å². The lowest BCUT2D eigenvalue weighted by atomic mass is 10.1. The molecule has 0 saturated carbocycles. The van der Waals surface area contributed by atoms with Gasteiger partial charge in [0.15, 0.2) is 11.5 Å². The lowest BCUT2D eigenvalue weighted by Gasteiger charge is -2.13. The van der Waals surface area contributed by atoms with Gasteiger partial charge in [-0.05, 0) is 36.3 Å². The molecule has 0 unspecified atom stereocenters. The summed E-state index contributed by atoms with van der Waals surface area (Å²) in [5.74, 6) is 0.638. The Bertz CT molecular complexity index is 885. The molecular weight excluding hydrogens is 306 g/mol. The smallest absolute Gasteiger partial charge is 0.261 e. The van der Waals surface area contributed by atoms with E-state index in [0.29, 0.717) is 22.8 Å². The predicted molar refractivity (Wildman–Crippen MR) is 88.8 cm³/mol. The molecule has 0 aliphatic carbocycles. The van der Waals surface area contributed by atoms with Crippen molar-refractivity contribution in [1.29, 1.82) is 0 Å². The monoisotopic (exact) mass is 321 g/mol.